The van der Waals surface area contributed by atoms with Crippen LogP contribution < -0.4 is 4.74 Å². The standard InChI is InChI=1S/C23H14ClIN2O5/c24-18-9-8-15(12-21(18)27(29)30)22-26-20(23(28)32-22)11-14-4-3-6-17(10-14)31-13-16-5-1-2-7-19(16)25/h1-12H,13H2/b20-11-. The van der Waals surface area contributed by atoms with Gasteiger partial charge in [0.2, 0.25) is 5.90 Å². The molecule has 0 atom stereocenters. The number of rotatable bonds is 6. The van der Waals surface area contributed by atoms with E-state index in [2.05, 4.69) is 27.6 Å². The van der Waals surface area contributed by atoms with Gasteiger partial charge in [0.15, 0.2) is 5.70 Å². The van der Waals surface area contributed by atoms with E-state index < -0.39 is 10.9 Å². The largest absolute Gasteiger partial charge is 0.489 e. The summed E-state index contributed by atoms with van der Waals surface area (Å²) in [6.07, 6.45) is 1.57. The molecule has 1 aliphatic heterocycles. The van der Waals surface area contributed by atoms with Gasteiger partial charge in [-0.1, -0.05) is 41.9 Å². The van der Waals surface area contributed by atoms with Gasteiger partial charge in [-0.25, -0.2) is 9.79 Å². The molecule has 9 heteroatoms. The van der Waals surface area contributed by atoms with Crippen LogP contribution in [0, 0.1) is 13.7 Å². The summed E-state index contributed by atoms with van der Waals surface area (Å²) in [4.78, 5) is 27.0. The number of carbonyl (C=O) groups excluding carboxylic acids is 1. The Hall–Kier alpha value is -3.24. The summed E-state index contributed by atoms with van der Waals surface area (Å²) in [6, 6.07) is 19.3. The summed E-state index contributed by atoms with van der Waals surface area (Å²) in [5.74, 6) is -0.0299. The lowest BCUT2D eigenvalue weighted by molar-refractivity contribution is -0.384. The third kappa shape index (κ3) is 4.97. The molecular formula is C23H14ClIN2O5. The molecule has 0 fully saturated rings. The smallest absolute Gasteiger partial charge is 0.363 e. The molecule has 0 saturated carbocycles. The van der Waals surface area contributed by atoms with Crippen molar-refractivity contribution in [2.24, 2.45) is 4.99 Å². The highest BCUT2D eigenvalue weighted by molar-refractivity contribution is 14.1. The van der Waals surface area contributed by atoms with Gasteiger partial charge in [0, 0.05) is 20.8 Å². The summed E-state index contributed by atoms with van der Waals surface area (Å²) in [5.41, 5.74) is 1.84. The van der Waals surface area contributed by atoms with Crippen molar-refractivity contribution in [2.75, 3.05) is 0 Å². The Bertz CT molecular complexity index is 1290. The Morgan fingerprint density at radius 2 is 1.94 bits per heavy atom. The van der Waals surface area contributed by atoms with E-state index in [1.54, 1.807) is 18.2 Å². The summed E-state index contributed by atoms with van der Waals surface area (Å²) < 4.78 is 12.2. The van der Waals surface area contributed by atoms with Crippen LogP contribution in [0.15, 0.2) is 77.4 Å². The second-order valence-electron chi connectivity index (χ2n) is 6.71. The van der Waals surface area contributed by atoms with Crippen molar-refractivity contribution in [3.8, 4) is 5.75 Å². The zero-order chi connectivity index (χ0) is 22.7. The third-order valence-corrected chi connectivity index (χ3v) is 5.90. The van der Waals surface area contributed by atoms with Gasteiger partial charge in [0.25, 0.3) is 5.69 Å². The van der Waals surface area contributed by atoms with Gasteiger partial charge in [0.05, 0.1) is 4.92 Å². The van der Waals surface area contributed by atoms with Crippen LogP contribution in [0.3, 0.4) is 0 Å². The number of esters is 1. The minimum absolute atomic E-state index is 0.0126. The number of nitro groups is 1. The van der Waals surface area contributed by atoms with Crippen LogP contribution >= 0.6 is 34.2 Å². The van der Waals surface area contributed by atoms with Crippen LogP contribution in [-0.4, -0.2) is 16.8 Å². The Labute approximate surface area is 201 Å². The van der Waals surface area contributed by atoms with E-state index in [0.29, 0.717) is 17.9 Å². The van der Waals surface area contributed by atoms with Crippen molar-refractivity contribution in [3.63, 3.8) is 0 Å². The first-order valence-corrected chi connectivity index (χ1v) is 10.8. The first-order valence-electron chi connectivity index (χ1n) is 9.34. The number of halogens is 2. The molecule has 1 aliphatic rings. The van der Waals surface area contributed by atoms with Gasteiger partial charge in [-0.15, -0.1) is 0 Å². The SMILES string of the molecule is O=C1OC(c2ccc(Cl)c([N+](=O)[O-])c2)=N/C1=C\c1cccc(OCc2ccccc2I)c1. The maximum atomic E-state index is 12.3. The van der Waals surface area contributed by atoms with Crippen molar-refractivity contribution < 1.29 is 19.2 Å². The van der Waals surface area contributed by atoms with Crippen LogP contribution in [0.5, 0.6) is 5.75 Å². The zero-order valence-electron chi connectivity index (χ0n) is 16.3. The number of carbonyl (C=O) groups is 1. The van der Waals surface area contributed by atoms with Crippen LogP contribution in [0.1, 0.15) is 16.7 Å². The molecule has 0 bridgehead atoms. The molecule has 4 rings (SSSR count). The van der Waals surface area contributed by atoms with Gasteiger partial charge in [-0.3, -0.25) is 10.1 Å². The highest BCUT2D eigenvalue weighted by atomic mass is 127. The number of nitro benzene ring substituents is 1. The van der Waals surface area contributed by atoms with Crippen LogP contribution in [0.2, 0.25) is 5.02 Å². The number of aliphatic imine (C=N–C) groups is 1. The van der Waals surface area contributed by atoms with Crippen molar-refractivity contribution in [1.29, 1.82) is 0 Å². The predicted octanol–water partition coefficient (Wildman–Crippen LogP) is 5.78. The van der Waals surface area contributed by atoms with E-state index in [-0.39, 0.29) is 27.9 Å². The summed E-state index contributed by atoms with van der Waals surface area (Å²) in [5, 5.41) is 11.1. The minimum Gasteiger partial charge on any atom is -0.489 e. The summed E-state index contributed by atoms with van der Waals surface area (Å²) in [6.45, 7) is 0.416. The fourth-order valence-corrected chi connectivity index (χ4v) is 3.68. The van der Waals surface area contributed by atoms with Gasteiger partial charge < -0.3 is 9.47 Å². The molecule has 0 aliphatic carbocycles. The Morgan fingerprint density at radius 1 is 1.12 bits per heavy atom. The van der Waals surface area contributed by atoms with Crippen molar-refractivity contribution in [2.45, 2.75) is 6.61 Å². The second-order valence-corrected chi connectivity index (χ2v) is 8.28. The van der Waals surface area contributed by atoms with Crippen molar-refractivity contribution >= 4 is 57.8 Å². The van der Waals surface area contributed by atoms with Gasteiger partial charge in [-0.2, -0.15) is 0 Å². The quantitative estimate of drug-likeness (QED) is 0.125. The number of hydrogen-bond acceptors (Lipinski definition) is 6. The lowest BCUT2D eigenvalue weighted by Gasteiger charge is -2.08. The van der Waals surface area contributed by atoms with E-state index in [1.165, 1.54) is 18.2 Å². The van der Waals surface area contributed by atoms with E-state index in [4.69, 9.17) is 21.1 Å². The molecule has 3 aromatic carbocycles. The molecule has 0 N–H and O–H groups in total. The van der Waals surface area contributed by atoms with E-state index in [9.17, 15) is 14.9 Å². The maximum Gasteiger partial charge on any atom is 0.363 e. The fourth-order valence-electron chi connectivity index (χ4n) is 2.95. The highest BCUT2D eigenvalue weighted by Crippen LogP contribution is 2.28. The molecule has 0 aromatic heterocycles. The van der Waals surface area contributed by atoms with Gasteiger partial charge >= 0.3 is 5.97 Å². The first kappa shape index (κ1) is 22.0. The van der Waals surface area contributed by atoms with Crippen molar-refractivity contribution in [1.82, 2.24) is 0 Å². The predicted molar refractivity (Wildman–Crippen MR) is 129 cm³/mol. The average molecular weight is 561 g/mol. The number of hydrogen-bond donors (Lipinski definition) is 0. The third-order valence-electron chi connectivity index (χ3n) is 4.52. The summed E-state index contributed by atoms with van der Waals surface area (Å²) >= 11 is 8.10. The molecule has 160 valence electrons. The molecule has 0 radical (unpaired) electrons. The Kier molecular flexibility index (Phi) is 6.52. The van der Waals surface area contributed by atoms with E-state index >= 15 is 0 Å². The average Bonchev–Trinajstić information content (AvgIpc) is 3.13. The molecule has 32 heavy (non-hydrogen) atoms. The lowest BCUT2D eigenvalue weighted by Crippen LogP contribution is -2.06. The molecule has 1 heterocycles. The van der Waals surface area contributed by atoms with Crippen molar-refractivity contribution in [3.05, 3.63) is 108 Å². The van der Waals surface area contributed by atoms with Crippen LogP contribution in [0.25, 0.3) is 6.08 Å². The topological polar surface area (TPSA) is 91.0 Å². The molecule has 0 amide bonds. The summed E-state index contributed by atoms with van der Waals surface area (Å²) in [7, 11) is 0. The fraction of sp³-hybridized carbons (Fsp3) is 0.0435. The number of nitrogens with zero attached hydrogens (tertiary/aromatic N) is 2. The second kappa shape index (κ2) is 9.49. The highest BCUT2D eigenvalue weighted by Gasteiger charge is 2.26. The van der Waals surface area contributed by atoms with E-state index in [0.717, 1.165) is 9.13 Å². The normalized spacial score (nSPS) is 14.2. The Balaban J connectivity index is 1.55. The molecule has 3 aromatic rings. The van der Waals surface area contributed by atoms with E-state index in [1.807, 2.05) is 36.4 Å². The van der Waals surface area contributed by atoms with Gasteiger partial charge in [-0.05, 0) is 64.6 Å². The van der Waals surface area contributed by atoms with Crippen LogP contribution in [0.4, 0.5) is 5.69 Å². The zero-order valence-corrected chi connectivity index (χ0v) is 19.2. The monoisotopic (exact) mass is 560 g/mol. The molecule has 7 nitrogen and oxygen atoms in total. The molecule has 0 saturated heterocycles. The number of ether oxygens (including phenoxy) is 2. The molecular weight excluding hydrogens is 547 g/mol. The van der Waals surface area contributed by atoms with Gasteiger partial charge in [0.1, 0.15) is 17.4 Å². The minimum atomic E-state index is -0.650. The molecule has 0 unspecified atom stereocenters. The molecule has 0 spiro atoms. The lowest BCUT2D eigenvalue weighted by atomic mass is 10.2. The number of benzene rings is 3. The Morgan fingerprint density at radius 3 is 2.72 bits per heavy atom. The maximum absolute atomic E-state index is 12.3. The number of cyclic esters (lactones) is 1. The first-order chi connectivity index (χ1) is 15.4. The van der Waals surface area contributed by atoms with Crippen LogP contribution in [-0.2, 0) is 16.1 Å².